The maximum absolute atomic E-state index is 10.9. The lowest BCUT2D eigenvalue weighted by molar-refractivity contribution is 0.0995. The Morgan fingerprint density at radius 3 is 3.20 bits per heavy atom. The van der Waals surface area contributed by atoms with Gasteiger partial charge in [-0.3, -0.25) is 4.79 Å². The van der Waals surface area contributed by atoms with Gasteiger partial charge in [0.25, 0.3) is 5.91 Å². The Hall–Kier alpha value is -1.69. The molecular formula is C9H13N5O. The fourth-order valence-electron chi connectivity index (χ4n) is 1.53. The fourth-order valence-corrected chi connectivity index (χ4v) is 1.53. The minimum Gasteiger partial charge on any atom is -0.364 e. The average Bonchev–Trinajstić information content (AvgIpc) is 2.71. The highest BCUT2D eigenvalue weighted by Gasteiger charge is 2.15. The molecule has 4 N–H and O–H groups in total. The summed E-state index contributed by atoms with van der Waals surface area (Å²) in [4.78, 5) is 18.9. The summed E-state index contributed by atoms with van der Waals surface area (Å²) in [5.41, 5.74) is 5.36. The first-order chi connectivity index (χ1) is 7.25. The largest absolute Gasteiger partial charge is 0.364 e. The van der Waals surface area contributed by atoms with E-state index in [0.29, 0.717) is 12.0 Å². The van der Waals surface area contributed by atoms with Crippen molar-refractivity contribution in [3.05, 3.63) is 18.0 Å². The average molecular weight is 207 g/mol. The van der Waals surface area contributed by atoms with Crippen LogP contribution in [0.15, 0.2) is 12.3 Å². The first-order valence-corrected chi connectivity index (χ1v) is 4.86. The van der Waals surface area contributed by atoms with Gasteiger partial charge in [0.2, 0.25) is 5.95 Å². The molecule has 1 aliphatic rings. The number of hydrogen-bond donors (Lipinski definition) is 3. The number of amides is 1. The molecule has 6 heteroatoms. The van der Waals surface area contributed by atoms with Crippen LogP contribution in [0.5, 0.6) is 0 Å². The topological polar surface area (TPSA) is 92.9 Å². The molecule has 6 nitrogen and oxygen atoms in total. The number of nitrogens with two attached hydrogens (primary N) is 1. The Bertz CT molecular complexity index is 361. The van der Waals surface area contributed by atoms with Gasteiger partial charge in [-0.2, -0.15) is 0 Å². The van der Waals surface area contributed by atoms with Gasteiger partial charge in [-0.25, -0.2) is 9.97 Å². The quantitative estimate of drug-likeness (QED) is 0.612. The molecule has 1 atom stereocenters. The van der Waals surface area contributed by atoms with Crippen LogP contribution < -0.4 is 16.4 Å². The number of carbonyl (C=O) groups excluding carboxylic acids is 1. The highest BCUT2D eigenvalue weighted by Crippen LogP contribution is 2.06. The van der Waals surface area contributed by atoms with Crippen molar-refractivity contribution in [3.8, 4) is 0 Å². The Morgan fingerprint density at radius 2 is 2.53 bits per heavy atom. The summed E-state index contributed by atoms with van der Waals surface area (Å²) >= 11 is 0. The Kier molecular flexibility index (Phi) is 2.77. The van der Waals surface area contributed by atoms with Gasteiger partial charge in [0.05, 0.1) is 0 Å². The zero-order valence-electron chi connectivity index (χ0n) is 8.23. The van der Waals surface area contributed by atoms with Crippen LogP contribution in [-0.2, 0) is 0 Å². The van der Waals surface area contributed by atoms with Crippen molar-refractivity contribution in [3.63, 3.8) is 0 Å². The molecule has 15 heavy (non-hydrogen) atoms. The first kappa shape index (κ1) is 9.85. The Labute approximate surface area is 87.3 Å². The molecule has 2 heterocycles. The van der Waals surface area contributed by atoms with Crippen LogP contribution in [0.2, 0.25) is 0 Å². The smallest absolute Gasteiger partial charge is 0.267 e. The van der Waals surface area contributed by atoms with E-state index in [0.717, 1.165) is 19.5 Å². The van der Waals surface area contributed by atoms with E-state index in [1.807, 2.05) is 0 Å². The van der Waals surface area contributed by atoms with E-state index in [1.165, 1.54) is 12.3 Å². The summed E-state index contributed by atoms with van der Waals surface area (Å²) in [5, 5.41) is 6.36. The van der Waals surface area contributed by atoms with Crippen molar-refractivity contribution >= 4 is 11.9 Å². The zero-order valence-corrected chi connectivity index (χ0v) is 8.23. The minimum atomic E-state index is -0.537. The third kappa shape index (κ3) is 2.41. The number of nitrogens with one attached hydrogen (secondary N) is 2. The van der Waals surface area contributed by atoms with Gasteiger partial charge in [0, 0.05) is 18.8 Å². The summed E-state index contributed by atoms with van der Waals surface area (Å²) < 4.78 is 0. The molecule has 0 spiro atoms. The molecule has 0 saturated carbocycles. The summed E-state index contributed by atoms with van der Waals surface area (Å²) in [7, 11) is 0. The maximum Gasteiger partial charge on any atom is 0.267 e. The van der Waals surface area contributed by atoms with Crippen LogP contribution in [0.4, 0.5) is 5.95 Å². The molecule has 0 aromatic carbocycles. The number of rotatable bonds is 3. The fraction of sp³-hybridized carbons (Fsp3) is 0.444. The number of aromatic nitrogens is 2. The van der Waals surface area contributed by atoms with E-state index < -0.39 is 5.91 Å². The third-order valence-electron chi connectivity index (χ3n) is 2.30. The lowest BCUT2D eigenvalue weighted by Gasteiger charge is -2.10. The summed E-state index contributed by atoms with van der Waals surface area (Å²) in [6.07, 6.45) is 2.56. The minimum absolute atomic E-state index is 0.235. The van der Waals surface area contributed by atoms with Crippen molar-refractivity contribution in [2.75, 3.05) is 18.4 Å². The lowest BCUT2D eigenvalue weighted by Crippen LogP contribution is -2.24. The van der Waals surface area contributed by atoms with Crippen molar-refractivity contribution < 1.29 is 4.79 Å². The van der Waals surface area contributed by atoms with Gasteiger partial charge in [0.1, 0.15) is 5.69 Å². The SMILES string of the molecule is NC(=O)c1ccnc(N[C@H]2CCNC2)n1. The highest BCUT2D eigenvalue weighted by molar-refractivity contribution is 5.90. The van der Waals surface area contributed by atoms with Gasteiger partial charge in [-0.05, 0) is 19.0 Å². The van der Waals surface area contributed by atoms with Gasteiger partial charge < -0.3 is 16.4 Å². The second-order valence-electron chi connectivity index (χ2n) is 3.46. The van der Waals surface area contributed by atoms with Crippen LogP contribution >= 0.6 is 0 Å². The maximum atomic E-state index is 10.9. The van der Waals surface area contributed by atoms with Gasteiger partial charge in [0.15, 0.2) is 0 Å². The standard InChI is InChI=1S/C9H13N5O/c10-8(15)7-2-4-12-9(14-7)13-6-1-3-11-5-6/h2,4,6,11H,1,3,5H2,(H2,10,15)(H,12,13,14)/t6-/m0/s1. The normalized spacial score (nSPS) is 20.1. The van der Waals surface area contributed by atoms with Crippen LogP contribution in [0, 0.1) is 0 Å². The van der Waals surface area contributed by atoms with E-state index in [2.05, 4.69) is 20.6 Å². The molecule has 1 aromatic heterocycles. The molecule has 1 fully saturated rings. The van der Waals surface area contributed by atoms with E-state index >= 15 is 0 Å². The van der Waals surface area contributed by atoms with Crippen molar-refractivity contribution in [2.45, 2.75) is 12.5 Å². The van der Waals surface area contributed by atoms with Crippen LogP contribution in [-0.4, -0.2) is 35.0 Å². The van der Waals surface area contributed by atoms with Crippen LogP contribution in [0.25, 0.3) is 0 Å². The lowest BCUT2D eigenvalue weighted by atomic mass is 10.3. The first-order valence-electron chi connectivity index (χ1n) is 4.86. The van der Waals surface area contributed by atoms with Gasteiger partial charge in [-0.15, -0.1) is 0 Å². The van der Waals surface area contributed by atoms with Crippen LogP contribution in [0.3, 0.4) is 0 Å². The number of hydrogen-bond acceptors (Lipinski definition) is 5. The monoisotopic (exact) mass is 207 g/mol. The molecule has 0 unspecified atom stereocenters. The molecule has 2 rings (SSSR count). The zero-order chi connectivity index (χ0) is 10.7. The molecule has 0 aliphatic carbocycles. The Morgan fingerprint density at radius 1 is 1.67 bits per heavy atom. The van der Waals surface area contributed by atoms with E-state index in [9.17, 15) is 4.79 Å². The molecule has 1 amide bonds. The van der Waals surface area contributed by atoms with Gasteiger partial charge >= 0.3 is 0 Å². The van der Waals surface area contributed by atoms with Crippen molar-refractivity contribution in [1.82, 2.24) is 15.3 Å². The molecule has 1 aliphatic heterocycles. The second-order valence-corrected chi connectivity index (χ2v) is 3.46. The predicted octanol–water partition coefficient (Wildman–Crippen LogP) is -0.651. The number of carbonyl (C=O) groups is 1. The number of primary amides is 1. The number of anilines is 1. The molecule has 0 radical (unpaired) electrons. The molecule has 1 saturated heterocycles. The summed E-state index contributed by atoms with van der Waals surface area (Å²) in [6.45, 7) is 1.89. The van der Waals surface area contributed by atoms with E-state index in [1.54, 1.807) is 0 Å². The molecule has 0 bridgehead atoms. The Balaban J connectivity index is 2.07. The summed E-state index contributed by atoms with van der Waals surface area (Å²) in [5.74, 6) is -0.0787. The molecular weight excluding hydrogens is 194 g/mol. The number of nitrogens with zero attached hydrogens (tertiary/aromatic N) is 2. The molecule has 80 valence electrons. The molecule has 1 aromatic rings. The van der Waals surface area contributed by atoms with E-state index in [-0.39, 0.29) is 5.69 Å². The van der Waals surface area contributed by atoms with Crippen molar-refractivity contribution in [2.24, 2.45) is 5.73 Å². The highest BCUT2D eigenvalue weighted by atomic mass is 16.1. The predicted molar refractivity (Wildman–Crippen MR) is 55.4 cm³/mol. The van der Waals surface area contributed by atoms with Gasteiger partial charge in [-0.1, -0.05) is 0 Å². The van der Waals surface area contributed by atoms with Crippen molar-refractivity contribution in [1.29, 1.82) is 0 Å². The summed E-state index contributed by atoms with van der Waals surface area (Å²) in [6, 6.07) is 1.83. The second kappa shape index (κ2) is 4.22. The van der Waals surface area contributed by atoms with Crippen LogP contribution in [0.1, 0.15) is 16.9 Å². The third-order valence-corrected chi connectivity index (χ3v) is 2.30. The van der Waals surface area contributed by atoms with E-state index in [4.69, 9.17) is 5.73 Å².